The summed E-state index contributed by atoms with van der Waals surface area (Å²) in [6.07, 6.45) is 6.04. The number of carbonyl (C=O) groups is 2. The third-order valence-corrected chi connectivity index (χ3v) is 5.64. The Morgan fingerprint density at radius 3 is 2.68 bits per heavy atom. The van der Waals surface area contributed by atoms with Crippen molar-refractivity contribution in [2.45, 2.75) is 32.1 Å². The summed E-state index contributed by atoms with van der Waals surface area (Å²) in [6, 6.07) is 16.2. The zero-order valence-corrected chi connectivity index (χ0v) is 16.1. The van der Waals surface area contributed by atoms with E-state index in [-0.39, 0.29) is 11.7 Å². The van der Waals surface area contributed by atoms with E-state index in [1.807, 2.05) is 18.2 Å². The van der Waals surface area contributed by atoms with Crippen LogP contribution in [0.1, 0.15) is 47.2 Å². The Labute approximate surface area is 166 Å². The summed E-state index contributed by atoms with van der Waals surface area (Å²) in [4.78, 5) is 26.4. The minimum atomic E-state index is 0.0533. The van der Waals surface area contributed by atoms with Crippen molar-refractivity contribution in [1.82, 2.24) is 4.90 Å². The third kappa shape index (κ3) is 4.39. The molecule has 0 aromatic heterocycles. The lowest BCUT2D eigenvalue weighted by Gasteiger charge is -2.26. The van der Waals surface area contributed by atoms with E-state index in [0.29, 0.717) is 19.3 Å². The molecule has 0 unspecified atom stereocenters. The molecule has 1 N–H and O–H groups in total. The van der Waals surface area contributed by atoms with Crippen LogP contribution in [0.25, 0.3) is 5.57 Å². The molecule has 2 aromatic rings. The predicted molar refractivity (Wildman–Crippen MR) is 112 cm³/mol. The molecule has 0 aliphatic carbocycles. The molecule has 0 fully saturated rings. The fraction of sp³-hybridized carbons (Fsp3) is 0.333. The quantitative estimate of drug-likeness (QED) is 0.766. The van der Waals surface area contributed by atoms with Crippen molar-refractivity contribution in [1.29, 1.82) is 0 Å². The first-order chi connectivity index (χ1) is 13.7. The first kappa shape index (κ1) is 18.6. The van der Waals surface area contributed by atoms with Crippen molar-refractivity contribution in [2.24, 2.45) is 0 Å². The van der Waals surface area contributed by atoms with Crippen molar-refractivity contribution >= 4 is 23.0 Å². The Kier molecular flexibility index (Phi) is 5.68. The van der Waals surface area contributed by atoms with Crippen molar-refractivity contribution in [2.75, 3.05) is 25.0 Å². The molecule has 0 saturated carbocycles. The molecule has 0 radical (unpaired) electrons. The van der Waals surface area contributed by atoms with Crippen LogP contribution in [0.5, 0.6) is 0 Å². The molecular weight excluding hydrogens is 348 g/mol. The van der Waals surface area contributed by atoms with Gasteiger partial charge in [-0.2, -0.15) is 0 Å². The number of aryl methyl sites for hydroxylation is 1. The Morgan fingerprint density at radius 2 is 1.89 bits per heavy atom. The number of amides is 1. The van der Waals surface area contributed by atoms with E-state index in [2.05, 4.69) is 46.6 Å². The molecular formula is C24H26N2O2. The Hall–Kier alpha value is -2.72. The number of carbonyl (C=O) groups excluding carboxylic acids is 2. The molecule has 0 spiro atoms. The molecule has 2 aliphatic rings. The van der Waals surface area contributed by atoms with E-state index in [9.17, 15) is 9.59 Å². The third-order valence-electron chi connectivity index (χ3n) is 5.64. The number of Topliss-reactive ketones (excluding diaryl/α,β-unsaturated/α-hetero) is 1. The van der Waals surface area contributed by atoms with Crippen LogP contribution in [0.4, 0.5) is 5.69 Å². The van der Waals surface area contributed by atoms with Gasteiger partial charge in [0.25, 0.3) is 0 Å². The first-order valence-corrected chi connectivity index (χ1v) is 10.1. The summed E-state index contributed by atoms with van der Waals surface area (Å²) in [6.45, 7) is 2.95. The molecule has 0 bridgehead atoms. The standard InChI is InChI=1S/C24H26N2O2/c27-23(21-8-10-22-20(17-21)9-11-24(28)25-22)7-4-14-26-15-12-19(13-16-26)18-5-2-1-3-6-18/h1-3,5-6,8,10,12,17H,4,7,9,11,13-16H2,(H,25,28). The van der Waals surface area contributed by atoms with Gasteiger partial charge in [-0.25, -0.2) is 0 Å². The van der Waals surface area contributed by atoms with E-state index in [1.165, 1.54) is 11.1 Å². The second-order valence-electron chi connectivity index (χ2n) is 7.59. The van der Waals surface area contributed by atoms with Crippen LogP contribution in [-0.2, 0) is 11.2 Å². The molecule has 4 heteroatoms. The average Bonchev–Trinajstić information content (AvgIpc) is 2.74. The summed E-state index contributed by atoms with van der Waals surface area (Å²) < 4.78 is 0. The fourth-order valence-electron chi connectivity index (χ4n) is 3.99. The van der Waals surface area contributed by atoms with Gasteiger partial charge in [0.1, 0.15) is 0 Å². The first-order valence-electron chi connectivity index (χ1n) is 10.1. The maximum atomic E-state index is 12.6. The van der Waals surface area contributed by atoms with Gasteiger partial charge in [0.05, 0.1) is 0 Å². The largest absolute Gasteiger partial charge is 0.326 e. The van der Waals surface area contributed by atoms with Gasteiger partial charge in [-0.1, -0.05) is 36.4 Å². The number of hydrogen-bond donors (Lipinski definition) is 1. The number of fused-ring (bicyclic) bond motifs is 1. The Bertz CT molecular complexity index is 902. The number of rotatable bonds is 6. The fourth-order valence-corrected chi connectivity index (χ4v) is 3.99. The molecule has 4 rings (SSSR count). The lowest BCUT2D eigenvalue weighted by molar-refractivity contribution is -0.116. The maximum Gasteiger partial charge on any atom is 0.224 e. The number of benzene rings is 2. The van der Waals surface area contributed by atoms with Crippen LogP contribution < -0.4 is 5.32 Å². The summed E-state index contributed by atoms with van der Waals surface area (Å²) in [5.74, 6) is 0.245. The van der Waals surface area contributed by atoms with Gasteiger partial charge in [-0.05, 0) is 60.7 Å². The molecule has 4 nitrogen and oxygen atoms in total. The molecule has 28 heavy (non-hydrogen) atoms. The Morgan fingerprint density at radius 1 is 1.04 bits per heavy atom. The van der Waals surface area contributed by atoms with Gasteiger partial charge >= 0.3 is 0 Å². The number of nitrogens with zero attached hydrogens (tertiary/aromatic N) is 1. The zero-order valence-electron chi connectivity index (χ0n) is 16.1. The van der Waals surface area contributed by atoms with Crippen LogP contribution in [0, 0.1) is 0 Å². The van der Waals surface area contributed by atoms with Gasteiger partial charge in [0.15, 0.2) is 5.78 Å². The minimum Gasteiger partial charge on any atom is -0.326 e. The van der Waals surface area contributed by atoms with Crippen LogP contribution in [0.15, 0.2) is 54.6 Å². The molecule has 1 amide bonds. The van der Waals surface area contributed by atoms with Gasteiger partial charge in [-0.15, -0.1) is 0 Å². The summed E-state index contributed by atoms with van der Waals surface area (Å²) in [7, 11) is 0. The zero-order chi connectivity index (χ0) is 19.3. The topological polar surface area (TPSA) is 49.4 Å². The minimum absolute atomic E-state index is 0.0533. The average molecular weight is 374 g/mol. The van der Waals surface area contributed by atoms with Gasteiger partial charge in [0, 0.05) is 37.2 Å². The lowest BCUT2D eigenvalue weighted by atomic mass is 9.97. The second kappa shape index (κ2) is 8.53. The molecule has 0 atom stereocenters. The molecule has 2 aliphatic heterocycles. The highest BCUT2D eigenvalue weighted by molar-refractivity contribution is 5.99. The Balaban J connectivity index is 1.26. The van der Waals surface area contributed by atoms with Crippen molar-refractivity contribution in [3.63, 3.8) is 0 Å². The smallest absolute Gasteiger partial charge is 0.224 e. The van der Waals surface area contributed by atoms with Crippen LogP contribution >= 0.6 is 0 Å². The SMILES string of the molecule is O=C1CCc2cc(C(=O)CCCN3CC=C(c4ccccc4)CC3)ccc2N1. The van der Waals surface area contributed by atoms with Gasteiger partial charge in [-0.3, -0.25) is 14.5 Å². The summed E-state index contributed by atoms with van der Waals surface area (Å²) in [5, 5.41) is 2.87. The number of nitrogens with one attached hydrogen (secondary N) is 1. The van der Waals surface area contributed by atoms with Gasteiger partial charge in [0.2, 0.25) is 5.91 Å². The lowest BCUT2D eigenvalue weighted by Crippen LogP contribution is -2.29. The highest BCUT2D eigenvalue weighted by Gasteiger charge is 2.17. The summed E-state index contributed by atoms with van der Waals surface area (Å²) >= 11 is 0. The van der Waals surface area contributed by atoms with Crippen LogP contribution in [0.2, 0.25) is 0 Å². The van der Waals surface area contributed by atoms with E-state index < -0.39 is 0 Å². The van der Waals surface area contributed by atoms with E-state index in [1.54, 1.807) is 0 Å². The highest BCUT2D eigenvalue weighted by Crippen LogP contribution is 2.25. The maximum absolute atomic E-state index is 12.6. The number of anilines is 1. The van der Waals surface area contributed by atoms with E-state index in [0.717, 1.165) is 49.3 Å². The second-order valence-corrected chi connectivity index (χ2v) is 7.59. The summed E-state index contributed by atoms with van der Waals surface area (Å²) in [5.41, 5.74) is 5.43. The monoisotopic (exact) mass is 374 g/mol. The highest BCUT2D eigenvalue weighted by atomic mass is 16.1. The number of ketones is 1. The normalized spacial score (nSPS) is 16.9. The van der Waals surface area contributed by atoms with Crippen molar-refractivity contribution < 1.29 is 9.59 Å². The molecule has 144 valence electrons. The van der Waals surface area contributed by atoms with Crippen molar-refractivity contribution in [3.05, 3.63) is 71.3 Å². The van der Waals surface area contributed by atoms with E-state index >= 15 is 0 Å². The molecule has 2 aromatic carbocycles. The molecule has 0 saturated heterocycles. The van der Waals surface area contributed by atoms with Crippen LogP contribution in [0.3, 0.4) is 0 Å². The van der Waals surface area contributed by atoms with Gasteiger partial charge < -0.3 is 5.32 Å². The van der Waals surface area contributed by atoms with Crippen molar-refractivity contribution in [3.8, 4) is 0 Å². The van der Waals surface area contributed by atoms with E-state index in [4.69, 9.17) is 0 Å². The molecule has 2 heterocycles. The van der Waals surface area contributed by atoms with Crippen LogP contribution in [-0.4, -0.2) is 36.2 Å². The number of hydrogen-bond acceptors (Lipinski definition) is 3. The predicted octanol–water partition coefficient (Wildman–Crippen LogP) is 4.32.